The average Bonchev–Trinajstić information content (AvgIpc) is 3.48. The first kappa shape index (κ1) is 25.7. The van der Waals surface area contributed by atoms with Gasteiger partial charge in [-0.25, -0.2) is 0 Å². The molecule has 14 nitrogen and oxygen atoms in total. The number of rotatable bonds is 8. The molecular weight excluding hydrogens is 538 g/mol. The van der Waals surface area contributed by atoms with Crippen molar-refractivity contribution >= 4 is 43.8 Å². The molecule has 1 aromatic carbocycles. The third kappa shape index (κ3) is 5.47. The summed E-state index contributed by atoms with van der Waals surface area (Å²) in [5.41, 5.74) is 3.03. The van der Waals surface area contributed by atoms with Crippen molar-refractivity contribution in [3.63, 3.8) is 0 Å². The summed E-state index contributed by atoms with van der Waals surface area (Å²) in [4.78, 5) is 36.0. The summed E-state index contributed by atoms with van der Waals surface area (Å²) in [6.45, 7) is -0.568. The number of nitrogens with one attached hydrogen (secondary N) is 1. The smallest absolute Gasteiger partial charge is 0.340 e. The van der Waals surface area contributed by atoms with Gasteiger partial charge in [-0.1, -0.05) is 29.5 Å². The van der Waals surface area contributed by atoms with E-state index < -0.39 is 46.1 Å². The second-order valence-corrected chi connectivity index (χ2v) is 13.0. The zero-order valence-electron chi connectivity index (χ0n) is 18.6. The Bertz CT molecular complexity index is 1390. The van der Waals surface area contributed by atoms with Crippen LogP contribution in [0.2, 0.25) is 5.28 Å². The standard InChI is InChI=1S/C19H23ClN6O8P2/c20-19-22-17(21-12-6-5-10-3-1-2-4-11(10)12)16-18(23-19)26(25-24-16)15-7-13(27)14(34-15)8-33-36(31,32)9-35(28,29)30/h1-4,12-15,27H,5-9H2,(H,31,32)(H,21,22,23)(H2,28,29,30)/t12-,13+,14-,15-/m1/s1. The molecule has 3 heterocycles. The van der Waals surface area contributed by atoms with E-state index >= 15 is 0 Å². The van der Waals surface area contributed by atoms with Crippen molar-refractivity contribution in [2.45, 2.75) is 43.7 Å². The lowest BCUT2D eigenvalue weighted by Gasteiger charge is -2.18. The lowest BCUT2D eigenvalue weighted by molar-refractivity contribution is -0.0440. The number of hydrogen-bond acceptors (Lipinski definition) is 10. The van der Waals surface area contributed by atoms with Crippen LogP contribution in [0.5, 0.6) is 0 Å². The van der Waals surface area contributed by atoms with E-state index in [0.29, 0.717) is 11.3 Å². The van der Waals surface area contributed by atoms with E-state index in [1.807, 2.05) is 12.1 Å². The van der Waals surface area contributed by atoms with Gasteiger partial charge in [-0.05, 0) is 35.6 Å². The van der Waals surface area contributed by atoms with Crippen LogP contribution in [0.1, 0.15) is 36.2 Å². The molecule has 5 N–H and O–H groups in total. The molecule has 2 aliphatic rings. The van der Waals surface area contributed by atoms with Crippen LogP contribution in [0.4, 0.5) is 5.82 Å². The molecule has 1 unspecified atom stereocenters. The fourth-order valence-corrected chi connectivity index (χ4v) is 7.18. The van der Waals surface area contributed by atoms with Crippen LogP contribution in [-0.2, 0) is 24.8 Å². The minimum Gasteiger partial charge on any atom is -0.390 e. The highest BCUT2D eigenvalue weighted by Gasteiger charge is 2.40. The van der Waals surface area contributed by atoms with E-state index in [2.05, 4.69) is 37.7 Å². The maximum Gasteiger partial charge on any atom is 0.340 e. The number of ether oxygens (including phenoxy) is 1. The molecule has 3 aromatic rings. The van der Waals surface area contributed by atoms with E-state index in [-0.39, 0.29) is 23.4 Å². The van der Waals surface area contributed by atoms with Crippen LogP contribution in [0.3, 0.4) is 0 Å². The lowest BCUT2D eigenvalue weighted by atomic mass is 10.1. The van der Waals surface area contributed by atoms with Crippen LogP contribution in [0, 0.1) is 0 Å². The zero-order chi connectivity index (χ0) is 25.7. The second-order valence-electron chi connectivity index (χ2n) is 8.65. The summed E-state index contributed by atoms with van der Waals surface area (Å²) in [6.07, 6.45) is -1.21. The number of nitrogens with zero attached hydrogens (tertiary/aromatic N) is 5. The molecule has 1 saturated heterocycles. The van der Waals surface area contributed by atoms with E-state index in [4.69, 9.17) is 30.6 Å². The molecule has 36 heavy (non-hydrogen) atoms. The summed E-state index contributed by atoms with van der Waals surface area (Å²) in [7, 11) is -9.38. The van der Waals surface area contributed by atoms with E-state index in [1.54, 1.807) is 0 Å². The molecule has 1 aliphatic carbocycles. The number of aliphatic hydroxyl groups is 1. The highest BCUT2D eigenvalue weighted by molar-refractivity contribution is 7.70. The summed E-state index contributed by atoms with van der Waals surface area (Å²) >= 11 is 6.19. The van der Waals surface area contributed by atoms with Crippen molar-refractivity contribution in [2.75, 3.05) is 17.8 Å². The quantitative estimate of drug-likeness (QED) is 0.198. The minimum atomic E-state index is -4.78. The summed E-state index contributed by atoms with van der Waals surface area (Å²) in [5, 5.41) is 22.0. The van der Waals surface area contributed by atoms with Gasteiger partial charge in [0.1, 0.15) is 6.10 Å². The van der Waals surface area contributed by atoms with Crippen molar-refractivity contribution in [1.82, 2.24) is 25.0 Å². The minimum absolute atomic E-state index is 0.00826. The molecule has 0 saturated carbocycles. The van der Waals surface area contributed by atoms with Gasteiger partial charge in [-0.2, -0.15) is 14.6 Å². The predicted molar refractivity (Wildman–Crippen MR) is 126 cm³/mol. The van der Waals surface area contributed by atoms with Crippen LogP contribution in [0.15, 0.2) is 24.3 Å². The first-order valence-corrected chi connectivity index (χ1v) is 14.9. The first-order valence-electron chi connectivity index (χ1n) is 11.0. The zero-order valence-corrected chi connectivity index (χ0v) is 21.1. The van der Waals surface area contributed by atoms with Gasteiger partial charge in [-0.15, -0.1) is 5.10 Å². The van der Waals surface area contributed by atoms with E-state index in [1.165, 1.54) is 10.2 Å². The third-order valence-corrected chi connectivity index (χ3v) is 9.65. The van der Waals surface area contributed by atoms with Crippen LogP contribution < -0.4 is 5.32 Å². The maximum atomic E-state index is 11.9. The van der Waals surface area contributed by atoms with Crippen LogP contribution in [-0.4, -0.2) is 69.5 Å². The Morgan fingerprint density at radius 2 is 2.00 bits per heavy atom. The molecule has 5 atom stereocenters. The number of aromatic nitrogens is 5. The maximum absolute atomic E-state index is 11.9. The predicted octanol–water partition coefficient (Wildman–Crippen LogP) is 1.96. The fourth-order valence-electron chi connectivity index (χ4n) is 4.45. The molecular formula is C19H23ClN6O8P2. The number of anilines is 1. The van der Waals surface area contributed by atoms with Gasteiger partial charge in [0.15, 0.2) is 29.1 Å². The van der Waals surface area contributed by atoms with E-state index in [9.17, 15) is 19.1 Å². The van der Waals surface area contributed by atoms with Crippen LogP contribution in [0.25, 0.3) is 11.2 Å². The Kier molecular flexibility index (Phi) is 6.92. The van der Waals surface area contributed by atoms with Crippen molar-refractivity contribution in [2.24, 2.45) is 0 Å². The summed E-state index contributed by atoms with van der Waals surface area (Å²) in [5.74, 6) is -0.939. The Balaban J connectivity index is 1.33. The number of hydrogen-bond donors (Lipinski definition) is 5. The Labute approximate surface area is 209 Å². The Morgan fingerprint density at radius 1 is 1.22 bits per heavy atom. The van der Waals surface area contributed by atoms with Crippen LogP contribution >= 0.6 is 26.8 Å². The second kappa shape index (κ2) is 9.71. The number of aryl methyl sites for hydroxylation is 1. The van der Waals surface area contributed by atoms with E-state index in [0.717, 1.165) is 18.4 Å². The Hall–Kier alpha value is -1.99. The van der Waals surface area contributed by atoms with Gasteiger partial charge in [0.05, 0.1) is 18.8 Å². The first-order chi connectivity index (χ1) is 17.0. The highest BCUT2D eigenvalue weighted by Crippen LogP contribution is 2.55. The highest BCUT2D eigenvalue weighted by atomic mass is 35.5. The molecule has 0 bridgehead atoms. The monoisotopic (exact) mass is 560 g/mol. The molecule has 2 aromatic heterocycles. The molecule has 194 valence electrons. The van der Waals surface area contributed by atoms with Crippen molar-refractivity contribution < 1.29 is 38.2 Å². The number of benzene rings is 1. The van der Waals surface area contributed by atoms with Gasteiger partial charge >= 0.3 is 15.2 Å². The molecule has 0 amide bonds. The van der Waals surface area contributed by atoms with Gasteiger partial charge in [0.25, 0.3) is 0 Å². The molecule has 1 aliphatic heterocycles. The van der Waals surface area contributed by atoms with Gasteiger partial charge in [0.2, 0.25) is 5.28 Å². The third-order valence-electron chi connectivity index (χ3n) is 6.02. The topological polar surface area (TPSA) is 202 Å². The van der Waals surface area contributed by atoms with Crippen molar-refractivity contribution in [3.05, 3.63) is 40.7 Å². The number of aliphatic hydroxyl groups excluding tert-OH is 1. The fraction of sp³-hybridized carbons (Fsp3) is 0.474. The summed E-state index contributed by atoms with van der Waals surface area (Å²) < 4.78 is 34.8. The molecule has 0 radical (unpaired) electrons. The number of fused-ring (bicyclic) bond motifs is 2. The van der Waals surface area contributed by atoms with Gasteiger partial charge in [0, 0.05) is 6.42 Å². The van der Waals surface area contributed by atoms with Gasteiger partial charge < -0.3 is 34.4 Å². The molecule has 1 fully saturated rings. The largest absolute Gasteiger partial charge is 0.390 e. The Morgan fingerprint density at radius 3 is 2.78 bits per heavy atom. The normalized spacial score (nSPS) is 25.7. The molecule has 0 spiro atoms. The number of halogens is 1. The lowest BCUT2D eigenvalue weighted by Crippen LogP contribution is -2.26. The van der Waals surface area contributed by atoms with Crippen molar-refractivity contribution in [3.8, 4) is 0 Å². The SMILES string of the molecule is O=P(O)(O)CP(=O)(O)OC[C@H]1O[C@@H](n2nnc3c(N[C@@H]4CCc5ccccc54)nc(Cl)nc32)C[C@@H]1O. The molecule has 5 rings (SSSR count). The molecule has 17 heteroatoms. The average molecular weight is 561 g/mol. The summed E-state index contributed by atoms with van der Waals surface area (Å²) in [6, 6.07) is 8.12. The van der Waals surface area contributed by atoms with Gasteiger partial charge in [-0.3, -0.25) is 9.13 Å². The van der Waals surface area contributed by atoms with Crippen molar-refractivity contribution in [1.29, 1.82) is 0 Å².